The monoisotopic (exact) mass is 438 g/mol. The molecule has 0 aliphatic carbocycles. The summed E-state index contributed by atoms with van der Waals surface area (Å²) in [6.07, 6.45) is 0. The molecule has 34 heavy (non-hydrogen) atoms. The fourth-order valence-electron chi connectivity index (χ4n) is 5.50. The SMILES string of the molecule is Cc1ccc(C2c3c(c4ccccc4[nH]c3=O)Nc3ccc4cc5ccccc5cc4c32)cc1. The second kappa shape index (κ2) is 7.06. The summed E-state index contributed by atoms with van der Waals surface area (Å²) in [5, 5.41) is 9.45. The van der Waals surface area contributed by atoms with Crippen LogP contribution in [0.1, 0.15) is 28.2 Å². The number of aromatic amines is 1. The lowest BCUT2D eigenvalue weighted by molar-refractivity contribution is 0.948. The molecule has 162 valence electrons. The molecule has 1 aliphatic rings. The zero-order chi connectivity index (χ0) is 22.8. The predicted molar refractivity (Wildman–Crippen MR) is 141 cm³/mol. The van der Waals surface area contributed by atoms with Crippen molar-refractivity contribution >= 4 is 43.8 Å². The third-order valence-corrected chi connectivity index (χ3v) is 7.13. The molecule has 2 N–H and O–H groups in total. The zero-order valence-corrected chi connectivity index (χ0v) is 18.7. The van der Waals surface area contributed by atoms with Gasteiger partial charge in [-0.05, 0) is 63.9 Å². The van der Waals surface area contributed by atoms with E-state index in [2.05, 4.69) is 96.1 Å². The van der Waals surface area contributed by atoms with Crippen molar-refractivity contribution in [1.29, 1.82) is 0 Å². The van der Waals surface area contributed by atoms with Crippen LogP contribution < -0.4 is 10.9 Å². The first-order valence-electron chi connectivity index (χ1n) is 11.6. The quantitative estimate of drug-likeness (QED) is 0.263. The number of hydrogen-bond acceptors (Lipinski definition) is 2. The van der Waals surface area contributed by atoms with Gasteiger partial charge in [0.25, 0.3) is 5.56 Å². The average Bonchev–Trinajstić information content (AvgIpc) is 2.87. The van der Waals surface area contributed by atoms with Gasteiger partial charge in [0, 0.05) is 17.0 Å². The van der Waals surface area contributed by atoms with Gasteiger partial charge in [-0.15, -0.1) is 0 Å². The normalized spacial score (nSPS) is 14.7. The van der Waals surface area contributed by atoms with Crippen molar-refractivity contribution in [3.63, 3.8) is 0 Å². The van der Waals surface area contributed by atoms with Crippen LogP contribution in [0.4, 0.5) is 11.4 Å². The molecular weight excluding hydrogens is 416 g/mol. The fourth-order valence-corrected chi connectivity index (χ4v) is 5.50. The smallest absolute Gasteiger partial charge is 0.254 e. The number of hydrogen-bond donors (Lipinski definition) is 2. The molecule has 0 saturated heterocycles. The van der Waals surface area contributed by atoms with E-state index in [-0.39, 0.29) is 11.5 Å². The van der Waals surface area contributed by atoms with E-state index in [1.54, 1.807) is 0 Å². The first-order chi connectivity index (χ1) is 16.7. The van der Waals surface area contributed by atoms with Gasteiger partial charge in [0.2, 0.25) is 0 Å². The van der Waals surface area contributed by atoms with Crippen LogP contribution in [0.15, 0.2) is 102 Å². The fraction of sp³-hybridized carbons (Fsp3) is 0.0645. The van der Waals surface area contributed by atoms with Gasteiger partial charge in [0.15, 0.2) is 0 Å². The van der Waals surface area contributed by atoms with Crippen LogP contribution in [0.3, 0.4) is 0 Å². The van der Waals surface area contributed by atoms with Crippen LogP contribution in [-0.2, 0) is 0 Å². The van der Waals surface area contributed by atoms with Crippen LogP contribution in [0, 0.1) is 6.92 Å². The molecule has 7 rings (SSSR count). The number of pyridine rings is 1. The first kappa shape index (κ1) is 19.1. The number of H-pyrrole nitrogens is 1. The highest BCUT2D eigenvalue weighted by atomic mass is 16.1. The Hall–Kier alpha value is -4.37. The van der Waals surface area contributed by atoms with Crippen LogP contribution in [0.25, 0.3) is 32.4 Å². The minimum absolute atomic E-state index is 0.0461. The Balaban J connectivity index is 1.62. The molecule has 2 heterocycles. The average molecular weight is 439 g/mol. The molecule has 0 fully saturated rings. The van der Waals surface area contributed by atoms with E-state index in [0.717, 1.165) is 39.0 Å². The van der Waals surface area contributed by atoms with E-state index < -0.39 is 0 Å². The summed E-state index contributed by atoms with van der Waals surface area (Å²) in [7, 11) is 0. The minimum atomic E-state index is -0.176. The van der Waals surface area contributed by atoms with Crippen molar-refractivity contribution in [1.82, 2.24) is 4.98 Å². The van der Waals surface area contributed by atoms with Gasteiger partial charge in [-0.25, -0.2) is 0 Å². The molecule has 0 saturated carbocycles. The van der Waals surface area contributed by atoms with Gasteiger partial charge in [-0.2, -0.15) is 0 Å². The molecular formula is C31H22N2O. The Morgan fingerprint density at radius 1 is 0.676 bits per heavy atom. The van der Waals surface area contributed by atoms with Gasteiger partial charge < -0.3 is 10.3 Å². The maximum Gasteiger partial charge on any atom is 0.254 e. The number of aryl methyl sites for hydroxylation is 1. The number of aromatic nitrogens is 1. The van der Waals surface area contributed by atoms with E-state index in [9.17, 15) is 4.79 Å². The third kappa shape index (κ3) is 2.74. The Kier molecular flexibility index (Phi) is 3.97. The Morgan fingerprint density at radius 2 is 1.41 bits per heavy atom. The molecule has 1 aromatic heterocycles. The van der Waals surface area contributed by atoms with E-state index in [4.69, 9.17) is 0 Å². The molecule has 6 aromatic rings. The van der Waals surface area contributed by atoms with Crippen LogP contribution in [0.5, 0.6) is 0 Å². The highest BCUT2D eigenvalue weighted by Gasteiger charge is 2.32. The van der Waals surface area contributed by atoms with Gasteiger partial charge in [0.1, 0.15) is 0 Å². The summed E-state index contributed by atoms with van der Waals surface area (Å²) in [5.41, 5.74) is 7.00. The summed E-state index contributed by atoms with van der Waals surface area (Å²) < 4.78 is 0. The van der Waals surface area contributed by atoms with E-state index in [1.807, 2.05) is 18.2 Å². The third-order valence-electron chi connectivity index (χ3n) is 7.13. The molecule has 1 aliphatic heterocycles. The van der Waals surface area contributed by atoms with Crippen molar-refractivity contribution in [2.75, 3.05) is 5.32 Å². The molecule has 0 radical (unpaired) electrons. The number of para-hydroxylation sites is 1. The second-order valence-corrected chi connectivity index (χ2v) is 9.20. The van der Waals surface area contributed by atoms with Gasteiger partial charge in [0.05, 0.1) is 16.8 Å². The summed E-state index contributed by atoms with van der Waals surface area (Å²) in [6.45, 7) is 2.09. The Bertz CT molecular complexity index is 1810. The number of benzene rings is 5. The second-order valence-electron chi connectivity index (χ2n) is 9.20. The van der Waals surface area contributed by atoms with Crippen LogP contribution >= 0.6 is 0 Å². The molecule has 0 amide bonds. The molecule has 1 unspecified atom stereocenters. The van der Waals surface area contributed by atoms with E-state index in [0.29, 0.717) is 0 Å². The maximum atomic E-state index is 13.6. The van der Waals surface area contributed by atoms with E-state index >= 15 is 0 Å². The highest BCUT2D eigenvalue weighted by molar-refractivity contribution is 6.05. The molecule has 3 nitrogen and oxygen atoms in total. The van der Waals surface area contributed by atoms with Gasteiger partial charge in [-0.1, -0.05) is 78.4 Å². The van der Waals surface area contributed by atoms with Crippen molar-refractivity contribution in [2.24, 2.45) is 0 Å². The summed E-state index contributed by atoms with van der Waals surface area (Å²) in [6, 6.07) is 33.9. The lowest BCUT2D eigenvalue weighted by atomic mass is 9.78. The summed E-state index contributed by atoms with van der Waals surface area (Å²) in [5.74, 6) is -0.176. The standard InChI is InChI=1S/C31H22N2O/c1-18-10-12-19(13-11-18)27-28-24-17-21-7-3-2-6-20(21)16-22(24)14-15-26(28)32-30-23-8-4-5-9-25(23)33-31(34)29(27)30/h2-17,27,32H,1H3,(H,33,34). The van der Waals surface area contributed by atoms with E-state index in [1.165, 1.54) is 27.1 Å². The van der Waals surface area contributed by atoms with Crippen molar-refractivity contribution in [3.8, 4) is 0 Å². The summed E-state index contributed by atoms with van der Waals surface area (Å²) in [4.78, 5) is 16.7. The van der Waals surface area contributed by atoms with Gasteiger partial charge >= 0.3 is 0 Å². The molecule has 1 atom stereocenters. The minimum Gasteiger partial charge on any atom is -0.354 e. The molecule has 0 spiro atoms. The number of anilines is 2. The molecule has 0 bridgehead atoms. The Labute approximate surface area is 196 Å². The maximum absolute atomic E-state index is 13.6. The van der Waals surface area contributed by atoms with Crippen LogP contribution in [0.2, 0.25) is 0 Å². The van der Waals surface area contributed by atoms with Crippen molar-refractivity contribution < 1.29 is 0 Å². The Morgan fingerprint density at radius 3 is 2.24 bits per heavy atom. The summed E-state index contributed by atoms with van der Waals surface area (Å²) >= 11 is 0. The zero-order valence-electron chi connectivity index (χ0n) is 18.7. The highest BCUT2D eigenvalue weighted by Crippen LogP contribution is 2.48. The topological polar surface area (TPSA) is 44.9 Å². The largest absolute Gasteiger partial charge is 0.354 e. The number of rotatable bonds is 1. The lowest BCUT2D eigenvalue weighted by Crippen LogP contribution is -2.25. The van der Waals surface area contributed by atoms with Gasteiger partial charge in [-0.3, -0.25) is 4.79 Å². The predicted octanol–water partition coefficient (Wildman–Crippen LogP) is 7.38. The molecule has 3 heteroatoms. The number of nitrogens with one attached hydrogen (secondary N) is 2. The molecule has 5 aromatic carbocycles. The van der Waals surface area contributed by atoms with Crippen molar-refractivity contribution in [3.05, 3.63) is 130 Å². The number of fused-ring (bicyclic) bond motifs is 7. The lowest BCUT2D eigenvalue weighted by Gasteiger charge is -2.31. The van der Waals surface area contributed by atoms with Crippen LogP contribution in [-0.4, -0.2) is 4.98 Å². The van der Waals surface area contributed by atoms with Crippen molar-refractivity contribution in [2.45, 2.75) is 12.8 Å². The first-order valence-corrected chi connectivity index (χ1v) is 11.6.